The van der Waals surface area contributed by atoms with Gasteiger partial charge in [0.25, 0.3) is 0 Å². The molecule has 0 saturated carbocycles. The quantitative estimate of drug-likeness (QED) is 0.550. The number of nitrogens with one attached hydrogen (secondary N) is 1. The molecule has 0 radical (unpaired) electrons. The van der Waals surface area contributed by atoms with E-state index in [-0.39, 0.29) is 5.82 Å². The van der Waals surface area contributed by atoms with Crippen molar-refractivity contribution in [3.63, 3.8) is 0 Å². The molecule has 0 unspecified atom stereocenters. The molecule has 0 fully saturated rings. The van der Waals surface area contributed by atoms with Gasteiger partial charge in [-0.15, -0.1) is 0 Å². The van der Waals surface area contributed by atoms with Gasteiger partial charge in [0.1, 0.15) is 6.20 Å². The first-order valence-electron chi connectivity index (χ1n) is 3.92. The number of unbranched alkanes of at least 4 members (excludes halogenated alkanes) is 1. The van der Waals surface area contributed by atoms with Crippen LogP contribution in [0.15, 0.2) is 6.20 Å². The van der Waals surface area contributed by atoms with Crippen LogP contribution in [-0.4, -0.2) is 14.9 Å². The van der Waals surface area contributed by atoms with E-state index in [1.807, 2.05) is 0 Å². The first-order valence-corrected chi connectivity index (χ1v) is 3.92. The van der Waals surface area contributed by atoms with Gasteiger partial charge >= 0.3 is 5.82 Å². The van der Waals surface area contributed by atoms with Crippen molar-refractivity contribution in [3.8, 4) is 0 Å². The van der Waals surface area contributed by atoms with Crippen LogP contribution in [0.1, 0.15) is 25.6 Å². The van der Waals surface area contributed by atoms with Crippen molar-refractivity contribution >= 4 is 5.82 Å². The molecule has 1 N–H and O–H groups in total. The zero-order valence-corrected chi connectivity index (χ0v) is 6.91. The van der Waals surface area contributed by atoms with Crippen LogP contribution in [0.25, 0.3) is 0 Å². The first kappa shape index (κ1) is 8.70. The molecule has 0 bridgehead atoms. The van der Waals surface area contributed by atoms with E-state index in [1.165, 1.54) is 6.20 Å². The van der Waals surface area contributed by atoms with E-state index in [4.69, 9.17) is 0 Å². The molecule has 1 aromatic heterocycles. The Hall–Kier alpha value is -1.39. The summed E-state index contributed by atoms with van der Waals surface area (Å²) in [4.78, 5) is 16.3. The number of H-pyrrole nitrogens is 1. The topological polar surface area (TPSA) is 71.8 Å². The maximum Gasteiger partial charge on any atom is 0.340 e. The number of hydrogen-bond donors (Lipinski definition) is 1. The van der Waals surface area contributed by atoms with Gasteiger partial charge in [-0.2, -0.15) is 0 Å². The molecule has 0 aromatic carbocycles. The largest absolute Gasteiger partial charge is 0.358 e. The van der Waals surface area contributed by atoms with Gasteiger partial charge in [-0.25, -0.2) is 9.97 Å². The molecule has 5 heteroatoms. The van der Waals surface area contributed by atoms with Gasteiger partial charge in [-0.05, 0) is 11.3 Å². The lowest BCUT2D eigenvalue weighted by Gasteiger charge is -1.88. The molecule has 1 aromatic rings. The van der Waals surface area contributed by atoms with Crippen LogP contribution >= 0.6 is 0 Å². The summed E-state index contributed by atoms with van der Waals surface area (Å²) in [6.45, 7) is 2.07. The van der Waals surface area contributed by atoms with Crippen LogP contribution in [0.3, 0.4) is 0 Å². The monoisotopic (exact) mass is 169 g/mol. The molecule has 0 amide bonds. The fourth-order valence-electron chi connectivity index (χ4n) is 0.916. The van der Waals surface area contributed by atoms with Crippen LogP contribution in [0.4, 0.5) is 5.82 Å². The smallest absolute Gasteiger partial charge is 0.340 e. The third-order valence-electron chi connectivity index (χ3n) is 1.58. The van der Waals surface area contributed by atoms with Crippen molar-refractivity contribution in [1.29, 1.82) is 0 Å². The normalized spacial score (nSPS) is 10.1. The highest BCUT2D eigenvalue weighted by atomic mass is 16.6. The van der Waals surface area contributed by atoms with Crippen LogP contribution in [-0.2, 0) is 6.42 Å². The second-order valence-electron chi connectivity index (χ2n) is 2.58. The molecule has 0 aliphatic carbocycles. The summed E-state index contributed by atoms with van der Waals surface area (Å²) in [7, 11) is 0. The van der Waals surface area contributed by atoms with Crippen molar-refractivity contribution < 1.29 is 4.92 Å². The Kier molecular flexibility index (Phi) is 2.79. The molecule has 1 heterocycles. The number of hydrogen-bond acceptors (Lipinski definition) is 3. The van der Waals surface area contributed by atoms with E-state index >= 15 is 0 Å². The van der Waals surface area contributed by atoms with Gasteiger partial charge in [-0.1, -0.05) is 13.3 Å². The standard InChI is InChI=1S/C7H11N3O2/c1-2-3-4-6-8-5-7(9-6)10(11)12/h5H,2-4H2,1H3,(H,8,9). The van der Waals surface area contributed by atoms with Crippen LogP contribution < -0.4 is 0 Å². The summed E-state index contributed by atoms with van der Waals surface area (Å²) in [6.07, 6.45) is 4.11. The fourth-order valence-corrected chi connectivity index (χ4v) is 0.916. The molecule has 0 atom stereocenters. The minimum Gasteiger partial charge on any atom is -0.358 e. The number of imidazole rings is 1. The fraction of sp³-hybridized carbons (Fsp3) is 0.571. The molecular formula is C7H11N3O2. The molecule has 0 spiro atoms. The SMILES string of the molecule is CCCCc1ncc([N+](=O)[O-])[nH]1. The number of nitrogens with zero attached hydrogens (tertiary/aromatic N) is 2. The lowest BCUT2D eigenvalue weighted by molar-refractivity contribution is -0.389. The zero-order valence-electron chi connectivity index (χ0n) is 6.91. The van der Waals surface area contributed by atoms with Crippen LogP contribution in [0.5, 0.6) is 0 Å². The maximum absolute atomic E-state index is 10.2. The number of rotatable bonds is 4. The van der Waals surface area contributed by atoms with E-state index in [0.717, 1.165) is 19.3 Å². The second kappa shape index (κ2) is 3.85. The van der Waals surface area contributed by atoms with Crippen molar-refractivity contribution in [2.45, 2.75) is 26.2 Å². The molecule has 0 aliphatic rings. The highest BCUT2D eigenvalue weighted by molar-refractivity contribution is 5.14. The van der Waals surface area contributed by atoms with Crippen molar-refractivity contribution in [2.75, 3.05) is 0 Å². The maximum atomic E-state index is 10.2. The lowest BCUT2D eigenvalue weighted by atomic mass is 10.2. The Morgan fingerprint density at radius 2 is 2.50 bits per heavy atom. The molecular weight excluding hydrogens is 158 g/mol. The number of aromatic amines is 1. The van der Waals surface area contributed by atoms with E-state index in [2.05, 4.69) is 16.9 Å². The zero-order chi connectivity index (χ0) is 8.97. The average molecular weight is 169 g/mol. The highest BCUT2D eigenvalue weighted by Gasteiger charge is 2.08. The summed E-state index contributed by atoms with van der Waals surface area (Å²) in [5, 5.41) is 10.2. The minimum atomic E-state index is -0.470. The summed E-state index contributed by atoms with van der Waals surface area (Å²) in [5.41, 5.74) is 0. The Morgan fingerprint density at radius 1 is 1.75 bits per heavy atom. The molecule has 5 nitrogen and oxygen atoms in total. The van der Waals surface area contributed by atoms with E-state index in [0.29, 0.717) is 5.82 Å². The van der Waals surface area contributed by atoms with Crippen LogP contribution in [0, 0.1) is 10.1 Å². The second-order valence-corrected chi connectivity index (χ2v) is 2.58. The van der Waals surface area contributed by atoms with Crippen LogP contribution in [0.2, 0.25) is 0 Å². The van der Waals surface area contributed by atoms with E-state index < -0.39 is 4.92 Å². The van der Waals surface area contributed by atoms with Gasteiger partial charge in [0.05, 0.1) is 0 Å². The number of aromatic nitrogens is 2. The van der Waals surface area contributed by atoms with Gasteiger partial charge in [-0.3, -0.25) is 0 Å². The van der Waals surface area contributed by atoms with Crippen molar-refractivity contribution in [1.82, 2.24) is 9.97 Å². The molecule has 0 saturated heterocycles. The molecule has 66 valence electrons. The predicted octanol–water partition coefficient (Wildman–Crippen LogP) is 1.66. The Balaban J connectivity index is 2.58. The highest BCUT2D eigenvalue weighted by Crippen LogP contribution is 2.07. The lowest BCUT2D eigenvalue weighted by Crippen LogP contribution is -1.89. The average Bonchev–Trinajstić information content (AvgIpc) is 2.48. The van der Waals surface area contributed by atoms with Crippen molar-refractivity contribution in [2.24, 2.45) is 0 Å². The Bertz CT molecular complexity index is 269. The summed E-state index contributed by atoms with van der Waals surface area (Å²) in [6, 6.07) is 0. The minimum absolute atomic E-state index is 0.0268. The van der Waals surface area contributed by atoms with Crippen molar-refractivity contribution in [3.05, 3.63) is 22.1 Å². The Labute approximate surface area is 70.0 Å². The van der Waals surface area contributed by atoms with Gasteiger partial charge in [0, 0.05) is 6.42 Å². The van der Waals surface area contributed by atoms with Gasteiger partial charge < -0.3 is 10.1 Å². The molecule has 1 rings (SSSR count). The third kappa shape index (κ3) is 2.05. The van der Waals surface area contributed by atoms with Gasteiger partial charge in [0.15, 0.2) is 5.82 Å². The number of nitro groups is 1. The third-order valence-corrected chi connectivity index (χ3v) is 1.58. The molecule has 12 heavy (non-hydrogen) atoms. The van der Waals surface area contributed by atoms with Gasteiger partial charge in [0.2, 0.25) is 0 Å². The number of aryl methyl sites for hydroxylation is 1. The van der Waals surface area contributed by atoms with E-state index in [1.54, 1.807) is 0 Å². The first-order chi connectivity index (χ1) is 5.74. The Morgan fingerprint density at radius 3 is 3.00 bits per heavy atom. The van der Waals surface area contributed by atoms with E-state index in [9.17, 15) is 10.1 Å². The summed E-state index contributed by atoms with van der Waals surface area (Å²) in [5.74, 6) is 0.671. The summed E-state index contributed by atoms with van der Waals surface area (Å²) >= 11 is 0. The summed E-state index contributed by atoms with van der Waals surface area (Å²) < 4.78 is 0. The molecule has 0 aliphatic heterocycles. The predicted molar refractivity (Wildman–Crippen MR) is 43.9 cm³/mol.